The average Bonchev–Trinajstić information content (AvgIpc) is 3.07. The SMILES string of the molecule is CON(C)C(=O)c1c(Cc2ccccc2)sc2cncn12. The Morgan fingerprint density at radius 2 is 2.14 bits per heavy atom. The van der Waals surface area contributed by atoms with Gasteiger partial charge in [-0.3, -0.25) is 14.0 Å². The van der Waals surface area contributed by atoms with Crippen LogP contribution in [0.1, 0.15) is 20.9 Å². The van der Waals surface area contributed by atoms with Crippen molar-refractivity contribution in [3.63, 3.8) is 0 Å². The summed E-state index contributed by atoms with van der Waals surface area (Å²) in [6.45, 7) is 0. The van der Waals surface area contributed by atoms with Crippen molar-refractivity contribution >= 4 is 22.1 Å². The van der Waals surface area contributed by atoms with Crippen LogP contribution in [0.2, 0.25) is 0 Å². The van der Waals surface area contributed by atoms with E-state index in [1.54, 1.807) is 30.9 Å². The van der Waals surface area contributed by atoms with Crippen LogP contribution in [0.25, 0.3) is 4.83 Å². The maximum Gasteiger partial charge on any atom is 0.295 e. The van der Waals surface area contributed by atoms with Crippen molar-refractivity contribution in [3.8, 4) is 0 Å². The molecule has 0 aliphatic rings. The number of carbonyl (C=O) groups excluding carboxylic acids is 1. The molecule has 2 aromatic heterocycles. The number of thiazole rings is 1. The van der Waals surface area contributed by atoms with E-state index in [0.29, 0.717) is 12.1 Å². The molecule has 2 heterocycles. The van der Waals surface area contributed by atoms with Crippen LogP contribution < -0.4 is 0 Å². The van der Waals surface area contributed by atoms with Crippen LogP contribution in [-0.4, -0.2) is 34.5 Å². The van der Waals surface area contributed by atoms with Gasteiger partial charge in [0.2, 0.25) is 0 Å². The maximum atomic E-state index is 12.5. The second-order valence-corrected chi connectivity index (χ2v) is 5.74. The van der Waals surface area contributed by atoms with Gasteiger partial charge in [-0.15, -0.1) is 11.3 Å². The molecule has 1 aromatic carbocycles. The molecule has 0 radical (unpaired) electrons. The number of hydrogen-bond acceptors (Lipinski definition) is 4. The summed E-state index contributed by atoms with van der Waals surface area (Å²) >= 11 is 1.58. The van der Waals surface area contributed by atoms with Gasteiger partial charge in [0.05, 0.1) is 13.3 Å². The molecule has 0 fully saturated rings. The first-order valence-electron chi connectivity index (χ1n) is 6.50. The van der Waals surface area contributed by atoms with Crippen molar-refractivity contribution in [1.82, 2.24) is 14.4 Å². The second-order valence-electron chi connectivity index (χ2n) is 4.62. The highest BCUT2D eigenvalue weighted by molar-refractivity contribution is 7.17. The van der Waals surface area contributed by atoms with Gasteiger partial charge in [0, 0.05) is 18.3 Å². The van der Waals surface area contributed by atoms with E-state index >= 15 is 0 Å². The number of carbonyl (C=O) groups is 1. The van der Waals surface area contributed by atoms with E-state index in [2.05, 4.69) is 17.1 Å². The predicted octanol–water partition coefficient (Wildman–Crippen LogP) is 2.62. The second kappa shape index (κ2) is 5.67. The number of hydroxylamine groups is 2. The number of amides is 1. The number of imidazole rings is 1. The van der Waals surface area contributed by atoms with Crippen molar-refractivity contribution in [1.29, 1.82) is 0 Å². The quantitative estimate of drug-likeness (QED) is 0.696. The fourth-order valence-corrected chi connectivity index (χ4v) is 3.31. The van der Waals surface area contributed by atoms with Gasteiger partial charge in [-0.05, 0) is 5.56 Å². The average molecular weight is 301 g/mol. The largest absolute Gasteiger partial charge is 0.295 e. The predicted molar refractivity (Wildman–Crippen MR) is 81.4 cm³/mol. The van der Waals surface area contributed by atoms with Crippen molar-refractivity contribution in [2.75, 3.05) is 14.2 Å². The molecule has 5 nitrogen and oxygen atoms in total. The van der Waals surface area contributed by atoms with E-state index < -0.39 is 0 Å². The van der Waals surface area contributed by atoms with Gasteiger partial charge in [0.25, 0.3) is 5.91 Å². The fourth-order valence-electron chi connectivity index (χ4n) is 2.19. The Hall–Kier alpha value is -2.18. The highest BCUT2D eigenvalue weighted by Gasteiger charge is 2.22. The fraction of sp³-hybridized carbons (Fsp3) is 0.200. The van der Waals surface area contributed by atoms with Gasteiger partial charge in [-0.1, -0.05) is 30.3 Å². The van der Waals surface area contributed by atoms with E-state index in [4.69, 9.17) is 4.84 Å². The molecular weight excluding hydrogens is 286 g/mol. The van der Waals surface area contributed by atoms with Crippen LogP contribution >= 0.6 is 11.3 Å². The Balaban J connectivity index is 2.05. The molecule has 21 heavy (non-hydrogen) atoms. The third kappa shape index (κ3) is 2.55. The molecule has 108 valence electrons. The minimum absolute atomic E-state index is 0.173. The first-order chi connectivity index (χ1) is 10.2. The molecule has 0 aliphatic carbocycles. The molecule has 1 amide bonds. The molecule has 3 aromatic rings. The number of nitrogens with zero attached hydrogens (tertiary/aromatic N) is 3. The number of hydrogen-bond donors (Lipinski definition) is 0. The van der Waals surface area contributed by atoms with Gasteiger partial charge < -0.3 is 0 Å². The van der Waals surface area contributed by atoms with Crippen LogP contribution in [0.15, 0.2) is 42.9 Å². The van der Waals surface area contributed by atoms with Crippen LogP contribution in [-0.2, 0) is 11.3 Å². The zero-order valence-electron chi connectivity index (χ0n) is 11.8. The summed E-state index contributed by atoms with van der Waals surface area (Å²) in [5, 5.41) is 1.23. The van der Waals surface area contributed by atoms with Crippen molar-refractivity contribution in [2.45, 2.75) is 6.42 Å². The lowest BCUT2D eigenvalue weighted by Crippen LogP contribution is -2.27. The summed E-state index contributed by atoms with van der Waals surface area (Å²) in [6, 6.07) is 10.1. The number of rotatable bonds is 4. The Bertz CT molecular complexity index is 764. The van der Waals surface area contributed by atoms with Crippen LogP contribution in [0.4, 0.5) is 0 Å². The lowest BCUT2D eigenvalue weighted by Gasteiger charge is -2.14. The van der Waals surface area contributed by atoms with Crippen LogP contribution in [0.3, 0.4) is 0 Å². The van der Waals surface area contributed by atoms with Crippen molar-refractivity contribution in [3.05, 3.63) is 59.0 Å². The molecule has 0 N–H and O–H groups in total. The molecular formula is C15H15N3O2S. The lowest BCUT2D eigenvalue weighted by molar-refractivity contribution is -0.0761. The minimum atomic E-state index is -0.173. The molecule has 0 spiro atoms. The van der Waals surface area contributed by atoms with Gasteiger partial charge in [0.15, 0.2) is 0 Å². The molecule has 0 bridgehead atoms. The Morgan fingerprint density at radius 1 is 1.38 bits per heavy atom. The van der Waals surface area contributed by atoms with E-state index in [1.807, 2.05) is 22.6 Å². The van der Waals surface area contributed by atoms with Crippen LogP contribution in [0, 0.1) is 0 Å². The summed E-state index contributed by atoms with van der Waals surface area (Å²) in [7, 11) is 3.08. The Morgan fingerprint density at radius 3 is 2.86 bits per heavy atom. The van der Waals surface area contributed by atoms with Crippen molar-refractivity contribution < 1.29 is 9.63 Å². The summed E-state index contributed by atoms with van der Waals surface area (Å²) in [5.74, 6) is -0.173. The van der Waals surface area contributed by atoms with E-state index in [9.17, 15) is 4.79 Å². The molecule has 3 rings (SSSR count). The highest BCUT2D eigenvalue weighted by Crippen LogP contribution is 2.26. The normalized spacial score (nSPS) is 11.0. The van der Waals surface area contributed by atoms with E-state index in [-0.39, 0.29) is 5.91 Å². The third-order valence-corrected chi connectivity index (χ3v) is 4.40. The highest BCUT2D eigenvalue weighted by atomic mass is 32.1. The summed E-state index contributed by atoms with van der Waals surface area (Å²) < 4.78 is 1.82. The standard InChI is InChI=1S/C15H15N3O2S/c1-17(20-2)15(19)14-12(8-11-6-4-3-5-7-11)21-13-9-16-10-18(13)14/h3-7,9-10H,8H2,1-2H3. The van der Waals surface area contributed by atoms with Gasteiger partial charge in [0.1, 0.15) is 16.9 Å². The van der Waals surface area contributed by atoms with Gasteiger partial charge in [-0.2, -0.15) is 0 Å². The van der Waals surface area contributed by atoms with Crippen molar-refractivity contribution in [2.24, 2.45) is 0 Å². The zero-order valence-corrected chi connectivity index (χ0v) is 12.6. The number of benzene rings is 1. The zero-order chi connectivity index (χ0) is 14.8. The summed E-state index contributed by atoms with van der Waals surface area (Å²) in [5.41, 5.74) is 1.78. The molecule has 0 atom stereocenters. The maximum absolute atomic E-state index is 12.5. The Kier molecular flexibility index (Phi) is 3.72. The van der Waals surface area contributed by atoms with E-state index in [1.165, 1.54) is 17.7 Å². The minimum Gasteiger partial charge on any atom is -0.285 e. The Labute approximate surface area is 126 Å². The summed E-state index contributed by atoms with van der Waals surface area (Å²) in [6.07, 6.45) is 4.14. The monoisotopic (exact) mass is 301 g/mol. The topological polar surface area (TPSA) is 46.8 Å². The van der Waals surface area contributed by atoms with Crippen LogP contribution in [0.5, 0.6) is 0 Å². The first-order valence-corrected chi connectivity index (χ1v) is 7.32. The van der Waals surface area contributed by atoms with E-state index in [0.717, 1.165) is 9.71 Å². The van der Waals surface area contributed by atoms with Gasteiger partial charge in [-0.25, -0.2) is 10.0 Å². The smallest absolute Gasteiger partial charge is 0.285 e. The third-order valence-electron chi connectivity index (χ3n) is 3.31. The first kappa shape index (κ1) is 13.8. The molecule has 0 aliphatic heterocycles. The lowest BCUT2D eigenvalue weighted by atomic mass is 10.1. The molecule has 0 saturated carbocycles. The number of aromatic nitrogens is 2. The number of fused-ring (bicyclic) bond motifs is 1. The summed E-state index contributed by atoms with van der Waals surface area (Å²) in [4.78, 5) is 23.6. The molecule has 0 unspecified atom stereocenters. The van der Waals surface area contributed by atoms with Gasteiger partial charge >= 0.3 is 0 Å². The molecule has 0 saturated heterocycles. The molecule has 6 heteroatoms.